The maximum Gasteiger partial charge on any atom is 0.0720 e. The Labute approximate surface area is 124 Å². The van der Waals surface area contributed by atoms with Gasteiger partial charge in [-0.05, 0) is 31.6 Å². The van der Waals surface area contributed by atoms with Crippen LogP contribution in [0.2, 0.25) is 0 Å². The quantitative estimate of drug-likeness (QED) is 0.345. The van der Waals surface area contributed by atoms with Crippen LogP contribution < -0.4 is 0 Å². The fourth-order valence-corrected chi connectivity index (χ4v) is 10.3. The van der Waals surface area contributed by atoms with Gasteiger partial charge in [0.1, 0.15) is 0 Å². The normalized spacial score (nSPS) is 14.1. The minimum Gasteiger partial charge on any atom is -0.0652 e. The van der Waals surface area contributed by atoms with Crippen molar-refractivity contribution in [2.75, 3.05) is 18.5 Å². The molecule has 0 aromatic carbocycles. The molecule has 19 heavy (non-hydrogen) atoms. The largest absolute Gasteiger partial charge is 0.0720 e. The lowest BCUT2D eigenvalue weighted by Gasteiger charge is -2.37. The van der Waals surface area contributed by atoms with E-state index in [0.717, 1.165) is 11.6 Å². The molecule has 1 heteroatoms. The molecule has 1 atom stereocenters. The van der Waals surface area contributed by atoms with Gasteiger partial charge in [-0.2, -0.15) is 0 Å². The minimum atomic E-state index is -0.712. The van der Waals surface area contributed by atoms with Crippen LogP contribution in [-0.4, -0.2) is 24.1 Å². The zero-order valence-electron chi connectivity index (χ0n) is 14.7. The Kier molecular flexibility index (Phi) is 11.4. The first kappa shape index (κ1) is 19.4. The van der Waals surface area contributed by atoms with E-state index >= 15 is 0 Å². The standard InChI is InChI=1S/C18H40P/c1-7-11-15-19(14-10-4,16-12-8-2)18(13-9-3)17(5)6/h17-18H,7-16H2,1-6H3/q+1. The third-order valence-electron chi connectivity index (χ3n) is 4.64. The number of hydrogen-bond acceptors (Lipinski definition) is 0. The third kappa shape index (κ3) is 6.61. The van der Waals surface area contributed by atoms with E-state index < -0.39 is 7.26 Å². The topological polar surface area (TPSA) is 0 Å². The molecular formula is C18H40P+. The summed E-state index contributed by atoms with van der Waals surface area (Å²) in [4.78, 5) is 0. The summed E-state index contributed by atoms with van der Waals surface area (Å²) in [6, 6.07) is 0. The maximum absolute atomic E-state index is 2.49. The zero-order valence-corrected chi connectivity index (χ0v) is 15.6. The molecule has 0 fully saturated rings. The fourth-order valence-electron chi connectivity index (χ4n) is 3.76. The van der Waals surface area contributed by atoms with Gasteiger partial charge in [-0.1, -0.05) is 60.8 Å². The Morgan fingerprint density at radius 2 is 1.21 bits per heavy atom. The molecule has 0 nitrogen and oxygen atoms in total. The van der Waals surface area contributed by atoms with Gasteiger partial charge >= 0.3 is 0 Å². The smallest absolute Gasteiger partial charge is 0.0652 e. The molecule has 0 aromatic heterocycles. The van der Waals surface area contributed by atoms with Crippen LogP contribution in [0.25, 0.3) is 0 Å². The highest BCUT2D eigenvalue weighted by Crippen LogP contribution is 2.67. The molecule has 1 unspecified atom stereocenters. The summed E-state index contributed by atoms with van der Waals surface area (Å²) in [5.74, 6) is 0.897. The first-order chi connectivity index (χ1) is 9.07. The molecule has 0 saturated heterocycles. The van der Waals surface area contributed by atoms with Gasteiger partial charge in [-0.3, -0.25) is 0 Å². The van der Waals surface area contributed by atoms with E-state index in [1.807, 2.05) is 0 Å². The third-order valence-corrected chi connectivity index (χ3v) is 10.7. The number of unbranched alkanes of at least 4 members (excludes halogenated alkanes) is 2. The van der Waals surface area contributed by atoms with Crippen molar-refractivity contribution in [1.82, 2.24) is 0 Å². The lowest BCUT2D eigenvalue weighted by molar-refractivity contribution is 0.549. The molecule has 0 rings (SSSR count). The van der Waals surface area contributed by atoms with E-state index in [9.17, 15) is 0 Å². The van der Waals surface area contributed by atoms with Gasteiger partial charge in [0.2, 0.25) is 0 Å². The Morgan fingerprint density at radius 3 is 1.53 bits per heavy atom. The lowest BCUT2D eigenvalue weighted by Crippen LogP contribution is -2.26. The molecule has 0 aromatic rings. The van der Waals surface area contributed by atoms with Gasteiger partial charge in [-0.25, -0.2) is 0 Å². The van der Waals surface area contributed by atoms with Gasteiger partial charge in [0.05, 0.1) is 24.1 Å². The molecular weight excluding hydrogens is 247 g/mol. The fraction of sp³-hybridized carbons (Fsp3) is 1.00. The molecule has 0 N–H and O–H groups in total. The van der Waals surface area contributed by atoms with E-state index in [1.54, 1.807) is 18.5 Å². The summed E-state index contributed by atoms with van der Waals surface area (Å²) in [5.41, 5.74) is 1.05. The van der Waals surface area contributed by atoms with Crippen LogP contribution in [0.4, 0.5) is 0 Å². The molecule has 0 saturated carbocycles. The van der Waals surface area contributed by atoms with Crippen molar-refractivity contribution in [2.45, 2.75) is 92.1 Å². The van der Waals surface area contributed by atoms with Crippen LogP contribution in [0.1, 0.15) is 86.5 Å². The van der Waals surface area contributed by atoms with Crippen LogP contribution in [-0.2, 0) is 0 Å². The van der Waals surface area contributed by atoms with E-state index in [2.05, 4.69) is 41.5 Å². The average Bonchev–Trinajstić information content (AvgIpc) is 2.39. The van der Waals surface area contributed by atoms with Crippen molar-refractivity contribution < 1.29 is 0 Å². The average molecular weight is 287 g/mol. The summed E-state index contributed by atoms with van der Waals surface area (Å²) in [5, 5.41) is 0. The Morgan fingerprint density at radius 1 is 0.684 bits per heavy atom. The molecule has 0 radical (unpaired) electrons. The van der Waals surface area contributed by atoms with Crippen molar-refractivity contribution in [3.05, 3.63) is 0 Å². The summed E-state index contributed by atoms with van der Waals surface area (Å²) in [6.45, 7) is 14.5. The first-order valence-electron chi connectivity index (χ1n) is 8.93. The summed E-state index contributed by atoms with van der Waals surface area (Å²) in [7, 11) is -0.712. The predicted molar refractivity (Wildman–Crippen MR) is 95.2 cm³/mol. The highest BCUT2D eigenvalue weighted by atomic mass is 31.2. The minimum absolute atomic E-state index is 0.712. The van der Waals surface area contributed by atoms with E-state index in [0.29, 0.717) is 0 Å². The summed E-state index contributed by atoms with van der Waals surface area (Å²) >= 11 is 0. The van der Waals surface area contributed by atoms with Gasteiger partial charge in [-0.15, -0.1) is 0 Å². The molecule has 0 heterocycles. The van der Waals surface area contributed by atoms with E-state index in [4.69, 9.17) is 0 Å². The van der Waals surface area contributed by atoms with E-state index in [-0.39, 0.29) is 0 Å². The second-order valence-electron chi connectivity index (χ2n) is 6.70. The molecule has 0 bridgehead atoms. The van der Waals surface area contributed by atoms with Gasteiger partial charge in [0.25, 0.3) is 0 Å². The monoisotopic (exact) mass is 287 g/mol. The van der Waals surface area contributed by atoms with Gasteiger partial charge < -0.3 is 0 Å². The van der Waals surface area contributed by atoms with Crippen LogP contribution in [0.5, 0.6) is 0 Å². The van der Waals surface area contributed by atoms with Crippen molar-refractivity contribution >= 4 is 7.26 Å². The SMILES string of the molecule is CCCC[P+](CCC)(CCCC)C(CCC)C(C)C. The maximum atomic E-state index is 2.49. The lowest BCUT2D eigenvalue weighted by atomic mass is 10.1. The van der Waals surface area contributed by atoms with Crippen molar-refractivity contribution in [3.63, 3.8) is 0 Å². The highest BCUT2D eigenvalue weighted by Gasteiger charge is 2.44. The van der Waals surface area contributed by atoms with E-state index in [1.165, 1.54) is 44.9 Å². The Balaban J connectivity index is 5.09. The molecule has 0 aliphatic rings. The van der Waals surface area contributed by atoms with Crippen molar-refractivity contribution in [2.24, 2.45) is 5.92 Å². The highest BCUT2D eigenvalue weighted by molar-refractivity contribution is 7.76. The second kappa shape index (κ2) is 11.1. The Bertz CT molecular complexity index is 190. The first-order valence-corrected chi connectivity index (χ1v) is 11.3. The molecule has 0 spiro atoms. The van der Waals surface area contributed by atoms with Crippen molar-refractivity contribution in [3.8, 4) is 0 Å². The number of rotatable bonds is 12. The molecule has 0 aliphatic carbocycles. The second-order valence-corrected chi connectivity index (χ2v) is 11.1. The van der Waals surface area contributed by atoms with Gasteiger partial charge in [0, 0.05) is 7.26 Å². The summed E-state index contributed by atoms with van der Waals surface area (Å²) in [6.07, 6.45) is 14.7. The van der Waals surface area contributed by atoms with Gasteiger partial charge in [0.15, 0.2) is 0 Å². The van der Waals surface area contributed by atoms with Crippen LogP contribution in [0, 0.1) is 5.92 Å². The van der Waals surface area contributed by atoms with Crippen LogP contribution >= 0.6 is 7.26 Å². The molecule has 0 aliphatic heterocycles. The molecule has 0 amide bonds. The summed E-state index contributed by atoms with van der Waals surface area (Å²) < 4.78 is 0. The zero-order chi connectivity index (χ0) is 14.7. The number of hydrogen-bond donors (Lipinski definition) is 0. The Hall–Kier alpha value is 0.430. The van der Waals surface area contributed by atoms with Crippen LogP contribution in [0.3, 0.4) is 0 Å². The predicted octanol–water partition coefficient (Wildman–Crippen LogP) is 6.84. The van der Waals surface area contributed by atoms with Crippen LogP contribution in [0.15, 0.2) is 0 Å². The molecule has 116 valence electrons. The van der Waals surface area contributed by atoms with Crippen molar-refractivity contribution in [1.29, 1.82) is 0 Å².